The van der Waals surface area contributed by atoms with Gasteiger partial charge in [-0.2, -0.15) is 4.31 Å². The lowest BCUT2D eigenvalue weighted by Gasteiger charge is -2.19. The van der Waals surface area contributed by atoms with Crippen molar-refractivity contribution >= 4 is 10.0 Å². The number of benzene rings is 1. The van der Waals surface area contributed by atoms with Crippen LogP contribution in [-0.2, 0) is 10.0 Å². The molecule has 0 unspecified atom stereocenters. The summed E-state index contributed by atoms with van der Waals surface area (Å²) in [6, 6.07) is 4.84. The topological polar surface area (TPSA) is 60.9 Å². The van der Waals surface area contributed by atoms with E-state index in [1.165, 1.54) is 4.31 Å². The van der Waals surface area contributed by atoms with E-state index in [2.05, 4.69) is 11.8 Å². The van der Waals surface area contributed by atoms with Crippen molar-refractivity contribution in [1.82, 2.24) is 9.21 Å². The highest BCUT2D eigenvalue weighted by atomic mass is 32.2. The second kappa shape index (κ2) is 7.57. The van der Waals surface area contributed by atoms with E-state index < -0.39 is 10.0 Å². The molecule has 5 nitrogen and oxygen atoms in total. The minimum atomic E-state index is -3.49. The zero-order valence-corrected chi connectivity index (χ0v) is 13.7. The van der Waals surface area contributed by atoms with Crippen LogP contribution in [0.25, 0.3) is 0 Å². The molecule has 0 amide bonds. The Morgan fingerprint density at radius 3 is 2.38 bits per heavy atom. The van der Waals surface area contributed by atoms with Gasteiger partial charge in [-0.25, -0.2) is 8.42 Å². The van der Waals surface area contributed by atoms with Crippen LogP contribution in [0.1, 0.15) is 11.1 Å². The van der Waals surface area contributed by atoms with Gasteiger partial charge in [-0.05, 0) is 44.8 Å². The summed E-state index contributed by atoms with van der Waals surface area (Å²) in [6.07, 6.45) is 0. The molecule has 0 aliphatic carbocycles. The highest BCUT2D eigenvalue weighted by molar-refractivity contribution is 7.89. The first-order valence-electron chi connectivity index (χ1n) is 6.60. The quantitative estimate of drug-likeness (QED) is 0.806. The average Bonchev–Trinajstić information content (AvgIpc) is 2.43. The molecular formula is C15H22N2O3S. The Labute approximate surface area is 127 Å². The van der Waals surface area contributed by atoms with Gasteiger partial charge in [0.25, 0.3) is 0 Å². The third-order valence-corrected chi connectivity index (χ3v) is 4.92. The first kappa shape index (κ1) is 17.7. The van der Waals surface area contributed by atoms with E-state index in [1.54, 1.807) is 32.2 Å². The number of hydrogen-bond donors (Lipinski definition) is 1. The Bertz CT molecular complexity index is 643. The number of aliphatic hydroxyl groups excluding tert-OH is 1. The van der Waals surface area contributed by atoms with Crippen molar-refractivity contribution in [1.29, 1.82) is 0 Å². The predicted molar refractivity (Wildman–Crippen MR) is 83.5 cm³/mol. The molecule has 21 heavy (non-hydrogen) atoms. The average molecular weight is 310 g/mol. The number of sulfonamides is 1. The molecule has 0 bridgehead atoms. The zero-order valence-electron chi connectivity index (χ0n) is 12.9. The Balaban J connectivity index is 3.01. The Kier molecular flexibility index (Phi) is 6.37. The number of aliphatic hydroxyl groups is 1. The molecule has 6 heteroatoms. The van der Waals surface area contributed by atoms with Gasteiger partial charge in [0.05, 0.1) is 4.90 Å². The van der Waals surface area contributed by atoms with Crippen LogP contribution >= 0.6 is 0 Å². The maximum atomic E-state index is 12.5. The van der Waals surface area contributed by atoms with Gasteiger partial charge in [-0.15, -0.1) is 0 Å². The van der Waals surface area contributed by atoms with E-state index in [9.17, 15) is 8.42 Å². The molecule has 1 aromatic carbocycles. The second-order valence-electron chi connectivity index (χ2n) is 5.07. The third kappa shape index (κ3) is 4.83. The number of nitrogens with zero attached hydrogens (tertiary/aromatic N) is 2. The lowest BCUT2D eigenvalue weighted by Crippen LogP contribution is -2.33. The summed E-state index contributed by atoms with van der Waals surface area (Å²) in [5.41, 5.74) is 1.50. The van der Waals surface area contributed by atoms with Gasteiger partial charge < -0.3 is 10.0 Å². The molecule has 0 heterocycles. The van der Waals surface area contributed by atoms with E-state index in [-0.39, 0.29) is 11.5 Å². The number of hydrogen-bond acceptors (Lipinski definition) is 4. The molecule has 0 saturated carbocycles. The molecule has 0 atom stereocenters. The Morgan fingerprint density at radius 2 is 1.86 bits per heavy atom. The summed E-state index contributed by atoms with van der Waals surface area (Å²) in [5, 5.41) is 8.70. The van der Waals surface area contributed by atoms with Gasteiger partial charge in [0.15, 0.2) is 0 Å². The molecule has 0 aliphatic heterocycles. The van der Waals surface area contributed by atoms with E-state index in [0.717, 1.165) is 11.1 Å². The van der Waals surface area contributed by atoms with Gasteiger partial charge in [0.1, 0.15) is 6.61 Å². The first-order chi connectivity index (χ1) is 9.78. The van der Waals surface area contributed by atoms with Crippen LogP contribution in [0.3, 0.4) is 0 Å². The Hall–Kier alpha value is -1.39. The molecule has 0 fully saturated rings. The molecule has 0 saturated heterocycles. The number of likely N-dealkylation sites (N-methyl/N-ethyl adjacent to an activating group) is 2. The van der Waals surface area contributed by atoms with Crippen LogP contribution in [0, 0.1) is 18.8 Å². The minimum absolute atomic E-state index is 0.216. The van der Waals surface area contributed by atoms with Crippen molar-refractivity contribution in [2.45, 2.75) is 11.8 Å². The first-order valence-corrected chi connectivity index (χ1v) is 8.04. The van der Waals surface area contributed by atoms with Crippen molar-refractivity contribution in [2.75, 3.05) is 40.8 Å². The van der Waals surface area contributed by atoms with Gasteiger partial charge in [-0.1, -0.05) is 11.8 Å². The maximum Gasteiger partial charge on any atom is 0.242 e. The molecule has 1 aromatic rings. The fraction of sp³-hybridized carbons (Fsp3) is 0.467. The summed E-state index contributed by atoms with van der Waals surface area (Å²) in [4.78, 5) is 2.20. The normalized spacial score (nSPS) is 11.6. The number of rotatable bonds is 5. The highest BCUT2D eigenvalue weighted by Gasteiger charge is 2.21. The van der Waals surface area contributed by atoms with E-state index >= 15 is 0 Å². The molecule has 1 N–H and O–H groups in total. The smallest absolute Gasteiger partial charge is 0.242 e. The SMILES string of the molecule is Cc1cc(S(=O)(=O)N(C)CCN(C)C)ccc1C#CCO. The van der Waals surface area contributed by atoms with Crippen molar-refractivity contribution < 1.29 is 13.5 Å². The third-order valence-electron chi connectivity index (χ3n) is 3.07. The van der Waals surface area contributed by atoms with Crippen molar-refractivity contribution in [2.24, 2.45) is 0 Å². The summed E-state index contributed by atoms with van der Waals surface area (Å²) < 4.78 is 26.3. The van der Waals surface area contributed by atoms with Crippen LogP contribution in [-0.4, -0.2) is 63.6 Å². The molecule has 0 aromatic heterocycles. The fourth-order valence-corrected chi connectivity index (χ4v) is 2.96. The lowest BCUT2D eigenvalue weighted by atomic mass is 10.1. The van der Waals surface area contributed by atoms with Crippen molar-refractivity contribution in [3.8, 4) is 11.8 Å². The maximum absolute atomic E-state index is 12.5. The highest BCUT2D eigenvalue weighted by Crippen LogP contribution is 2.18. The van der Waals surface area contributed by atoms with E-state index in [0.29, 0.717) is 13.1 Å². The summed E-state index contributed by atoms with van der Waals surface area (Å²) >= 11 is 0. The summed E-state index contributed by atoms with van der Waals surface area (Å²) in [6.45, 7) is 2.68. The monoisotopic (exact) mass is 310 g/mol. The summed E-state index contributed by atoms with van der Waals surface area (Å²) in [5.74, 6) is 5.35. The van der Waals surface area contributed by atoms with Gasteiger partial charge >= 0.3 is 0 Å². The fourth-order valence-electron chi connectivity index (χ4n) is 1.71. The lowest BCUT2D eigenvalue weighted by molar-refractivity contribution is 0.350. The summed E-state index contributed by atoms with van der Waals surface area (Å²) in [7, 11) is 1.90. The van der Waals surface area contributed by atoms with Crippen LogP contribution in [0.15, 0.2) is 23.1 Å². The Morgan fingerprint density at radius 1 is 1.19 bits per heavy atom. The van der Waals surface area contributed by atoms with E-state index in [4.69, 9.17) is 5.11 Å². The van der Waals surface area contributed by atoms with Crippen molar-refractivity contribution in [3.05, 3.63) is 29.3 Å². The largest absolute Gasteiger partial charge is 0.384 e. The van der Waals surface area contributed by atoms with Crippen LogP contribution in [0.5, 0.6) is 0 Å². The molecule has 0 aliphatic rings. The second-order valence-corrected chi connectivity index (χ2v) is 7.11. The van der Waals surface area contributed by atoms with Crippen LogP contribution in [0.2, 0.25) is 0 Å². The standard InChI is InChI=1S/C15H22N2O3S/c1-13-12-15(8-7-14(13)6-5-11-18)21(19,20)17(4)10-9-16(2)3/h7-8,12,18H,9-11H2,1-4H3. The number of aryl methyl sites for hydroxylation is 1. The van der Waals surface area contributed by atoms with Crippen molar-refractivity contribution in [3.63, 3.8) is 0 Å². The predicted octanol–water partition coefficient (Wildman–Crippen LogP) is 0.521. The van der Waals surface area contributed by atoms with Gasteiger partial charge in [-0.3, -0.25) is 0 Å². The van der Waals surface area contributed by atoms with Gasteiger partial charge in [0.2, 0.25) is 10.0 Å². The van der Waals surface area contributed by atoms with Crippen LogP contribution < -0.4 is 0 Å². The molecule has 0 spiro atoms. The van der Waals surface area contributed by atoms with Gasteiger partial charge in [0, 0.05) is 25.7 Å². The molecule has 0 radical (unpaired) electrons. The zero-order chi connectivity index (χ0) is 16.0. The minimum Gasteiger partial charge on any atom is -0.384 e. The molecule has 116 valence electrons. The molecular weight excluding hydrogens is 288 g/mol. The van der Waals surface area contributed by atoms with Crippen LogP contribution in [0.4, 0.5) is 0 Å². The molecule has 1 rings (SSSR count). The van der Waals surface area contributed by atoms with E-state index in [1.807, 2.05) is 19.0 Å².